The number of hydrogen-bond acceptors (Lipinski definition) is 5. The number of likely N-dealkylation sites (N-methyl/N-ethyl adjacent to an activating group) is 1. The fourth-order valence-corrected chi connectivity index (χ4v) is 4.69. The summed E-state index contributed by atoms with van der Waals surface area (Å²) in [5.74, 6) is -1.01. The average Bonchev–Trinajstić information content (AvgIpc) is 3.06. The lowest BCUT2D eigenvalue weighted by atomic mass is 9.98. The number of fused-ring (bicyclic) bond motifs is 1. The van der Waals surface area contributed by atoms with Crippen molar-refractivity contribution in [3.8, 4) is 11.1 Å². The van der Waals surface area contributed by atoms with Crippen LogP contribution in [0.1, 0.15) is 44.9 Å². The largest absolute Gasteiger partial charge is 0.416 e. The lowest BCUT2D eigenvalue weighted by Gasteiger charge is -2.23. The van der Waals surface area contributed by atoms with Crippen LogP contribution in [0.4, 0.5) is 19.0 Å². The molecule has 5 aromatic rings. The molecular weight excluding hydrogens is 583 g/mol. The smallest absolute Gasteiger partial charge is 0.344 e. The minimum absolute atomic E-state index is 0.246. The first-order chi connectivity index (χ1) is 21.5. The summed E-state index contributed by atoms with van der Waals surface area (Å²) in [7, 11) is 1.65. The second kappa shape index (κ2) is 13.0. The number of nitrogens with zero attached hydrogens (tertiary/aromatic N) is 3. The molecule has 8 nitrogen and oxygen atoms in total. The molecule has 3 aromatic carbocycles. The number of aromatic nitrogens is 2. The third kappa shape index (κ3) is 6.98. The van der Waals surface area contributed by atoms with Crippen molar-refractivity contribution in [1.82, 2.24) is 20.2 Å². The van der Waals surface area contributed by atoms with E-state index in [-0.39, 0.29) is 17.3 Å². The van der Waals surface area contributed by atoms with Crippen molar-refractivity contribution in [2.24, 2.45) is 0 Å². The van der Waals surface area contributed by atoms with Crippen molar-refractivity contribution >= 4 is 34.4 Å². The zero-order valence-corrected chi connectivity index (χ0v) is 24.3. The molecule has 228 valence electrons. The van der Waals surface area contributed by atoms with Gasteiger partial charge >= 0.3 is 6.18 Å². The molecule has 0 saturated heterocycles. The number of anilines is 1. The summed E-state index contributed by atoms with van der Waals surface area (Å²) < 4.78 is 39.1. The minimum Gasteiger partial charge on any atom is -0.344 e. The van der Waals surface area contributed by atoms with Crippen LogP contribution in [0.15, 0.2) is 103 Å². The normalized spacial score (nSPS) is 11.9. The predicted octanol–water partition coefficient (Wildman–Crippen LogP) is 6.52. The van der Waals surface area contributed by atoms with Crippen molar-refractivity contribution in [3.05, 3.63) is 126 Å². The van der Waals surface area contributed by atoms with Gasteiger partial charge in [0.2, 0.25) is 0 Å². The maximum Gasteiger partial charge on any atom is 0.416 e. The van der Waals surface area contributed by atoms with E-state index < -0.39 is 29.6 Å². The molecule has 2 N–H and O–H groups in total. The van der Waals surface area contributed by atoms with Crippen molar-refractivity contribution in [2.75, 3.05) is 18.9 Å². The van der Waals surface area contributed by atoms with E-state index in [1.54, 1.807) is 86.0 Å². The number of pyridine rings is 2. The molecule has 0 aliphatic heterocycles. The zero-order valence-electron chi connectivity index (χ0n) is 24.3. The Morgan fingerprint density at radius 1 is 0.867 bits per heavy atom. The third-order valence-electron chi connectivity index (χ3n) is 7.24. The first kappa shape index (κ1) is 30.9. The Kier molecular flexibility index (Phi) is 8.89. The number of amides is 3. The van der Waals surface area contributed by atoms with Gasteiger partial charge < -0.3 is 15.5 Å². The summed E-state index contributed by atoms with van der Waals surface area (Å²) in [6, 6.07) is 23.5. The highest BCUT2D eigenvalue weighted by Gasteiger charge is 2.30. The van der Waals surface area contributed by atoms with Gasteiger partial charge in [0.1, 0.15) is 5.82 Å². The van der Waals surface area contributed by atoms with E-state index in [1.165, 1.54) is 17.0 Å². The van der Waals surface area contributed by atoms with E-state index in [2.05, 4.69) is 20.6 Å². The second-order valence-corrected chi connectivity index (χ2v) is 10.2. The number of alkyl halides is 3. The zero-order chi connectivity index (χ0) is 32.1. The Bertz CT molecular complexity index is 1860. The van der Waals surface area contributed by atoms with E-state index >= 15 is 0 Å². The molecule has 45 heavy (non-hydrogen) atoms. The topological polar surface area (TPSA) is 104 Å². The highest BCUT2D eigenvalue weighted by atomic mass is 19.4. The van der Waals surface area contributed by atoms with Crippen molar-refractivity contribution in [2.45, 2.75) is 19.1 Å². The van der Waals surface area contributed by atoms with Gasteiger partial charge in [-0.2, -0.15) is 13.2 Å². The van der Waals surface area contributed by atoms with Crippen LogP contribution in [-0.2, 0) is 11.0 Å². The number of rotatable bonds is 8. The van der Waals surface area contributed by atoms with E-state index in [4.69, 9.17) is 0 Å². The standard InChI is InChI=1S/C34H28F3N5O3/c1-3-42(2)33(45)30(28-10-6-7-19-38-28)41-31(43)23-13-17-27-22(20-23)14-18-29(39-27)40-32(44)26-9-5-4-8-25(26)21-11-15-24(16-12-21)34(35,36)37/h4-20,30H,3H2,1-2H3,(H,41,43)(H,39,40,44). The molecule has 0 spiro atoms. The lowest BCUT2D eigenvalue weighted by Crippen LogP contribution is -2.41. The monoisotopic (exact) mass is 611 g/mol. The first-order valence-corrected chi connectivity index (χ1v) is 14.0. The van der Waals surface area contributed by atoms with Gasteiger partial charge in [0.15, 0.2) is 6.04 Å². The Hall–Kier alpha value is -5.58. The molecule has 0 bridgehead atoms. The maximum atomic E-state index is 13.2. The van der Waals surface area contributed by atoms with Gasteiger partial charge in [-0.1, -0.05) is 36.4 Å². The van der Waals surface area contributed by atoms with Gasteiger partial charge in [-0.15, -0.1) is 0 Å². The molecule has 1 atom stereocenters. The number of halogens is 3. The number of nitrogens with one attached hydrogen (secondary N) is 2. The second-order valence-electron chi connectivity index (χ2n) is 10.2. The number of carbonyl (C=O) groups excluding carboxylic acids is 3. The first-order valence-electron chi connectivity index (χ1n) is 14.0. The Morgan fingerprint density at radius 3 is 2.29 bits per heavy atom. The van der Waals surface area contributed by atoms with Crippen LogP contribution >= 0.6 is 0 Å². The van der Waals surface area contributed by atoms with Crippen molar-refractivity contribution < 1.29 is 27.6 Å². The molecule has 0 radical (unpaired) electrons. The summed E-state index contributed by atoms with van der Waals surface area (Å²) in [6.07, 6.45) is -2.91. The van der Waals surface area contributed by atoms with Crippen LogP contribution in [0, 0.1) is 0 Å². The summed E-state index contributed by atoms with van der Waals surface area (Å²) in [6.45, 7) is 2.29. The van der Waals surface area contributed by atoms with E-state index in [9.17, 15) is 27.6 Å². The number of carbonyl (C=O) groups is 3. The molecule has 1 unspecified atom stereocenters. The van der Waals surface area contributed by atoms with Gasteiger partial charge in [-0.3, -0.25) is 19.4 Å². The molecular formula is C34H28F3N5O3. The van der Waals surface area contributed by atoms with E-state index in [0.717, 1.165) is 12.1 Å². The predicted molar refractivity (Wildman–Crippen MR) is 164 cm³/mol. The summed E-state index contributed by atoms with van der Waals surface area (Å²) in [5.41, 5.74) is 1.63. The van der Waals surface area contributed by atoms with Crippen LogP contribution in [0.25, 0.3) is 22.0 Å². The molecule has 11 heteroatoms. The average molecular weight is 612 g/mol. The lowest BCUT2D eigenvalue weighted by molar-refractivity contribution is -0.137. The van der Waals surface area contributed by atoms with Crippen LogP contribution < -0.4 is 10.6 Å². The van der Waals surface area contributed by atoms with E-state index in [0.29, 0.717) is 39.8 Å². The van der Waals surface area contributed by atoms with Crippen molar-refractivity contribution in [3.63, 3.8) is 0 Å². The SMILES string of the molecule is CCN(C)C(=O)C(NC(=O)c1ccc2nc(NC(=O)c3ccccc3-c3ccc(C(F)(F)F)cc3)ccc2c1)c1ccccn1. The maximum absolute atomic E-state index is 13.2. The highest BCUT2D eigenvalue weighted by Crippen LogP contribution is 2.32. The van der Waals surface area contributed by atoms with Crippen LogP contribution in [0.5, 0.6) is 0 Å². The highest BCUT2D eigenvalue weighted by molar-refractivity contribution is 6.08. The van der Waals surface area contributed by atoms with Gasteiger partial charge in [0.05, 0.1) is 16.8 Å². The summed E-state index contributed by atoms with van der Waals surface area (Å²) >= 11 is 0. The van der Waals surface area contributed by atoms with Gasteiger partial charge in [0, 0.05) is 36.3 Å². The van der Waals surface area contributed by atoms with Gasteiger partial charge in [0.25, 0.3) is 17.7 Å². The fourth-order valence-electron chi connectivity index (χ4n) is 4.69. The molecule has 0 fully saturated rings. The number of hydrogen-bond donors (Lipinski definition) is 2. The van der Waals surface area contributed by atoms with Crippen LogP contribution in [-0.4, -0.2) is 46.2 Å². The molecule has 0 aliphatic carbocycles. The van der Waals surface area contributed by atoms with Gasteiger partial charge in [-0.25, -0.2) is 4.98 Å². The number of benzene rings is 3. The molecule has 0 saturated carbocycles. The fraction of sp³-hybridized carbons (Fsp3) is 0.147. The minimum atomic E-state index is -4.46. The molecule has 0 aliphatic rings. The Balaban J connectivity index is 1.34. The molecule has 3 amide bonds. The molecule has 2 heterocycles. The van der Waals surface area contributed by atoms with Crippen LogP contribution in [0.3, 0.4) is 0 Å². The Morgan fingerprint density at radius 2 is 1.60 bits per heavy atom. The molecule has 2 aromatic heterocycles. The molecule has 5 rings (SSSR count). The van der Waals surface area contributed by atoms with Crippen molar-refractivity contribution in [1.29, 1.82) is 0 Å². The summed E-state index contributed by atoms with van der Waals surface area (Å²) in [5, 5.41) is 6.16. The summed E-state index contributed by atoms with van der Waals surface area (Å²) in [4.78, 5) is 49.7. The quantitative estimate of drug-likeness (QED) is 0.208. The van der Waals surface area contributed by atoms with E-state index in [1.807, 2.05) is 6.92 Å². The van der Waals surface area contributed by atoms with Gasteiger partial charge in [-0.05, 0) is 78.7 Å². The Labute approximate surface area is 256 Å². The van der Waals surface area contributed by atoms with Crippen LogP contribution in [0.2, 0.25) is 0 Å². The third-order valence-corrected chi connectivity index (χ3v) is 7.24.